The molecule has 0 spiro atoms. The van der Waals surface area contributed by atoms with Crippen molar-refractivity contribution in [2.24, 2.45) is 0 Å². The van der Waals surface area contributed by atoms with Gasteiger partial charge in [-0.25, -0.2) is 0 Å². The van der Waals surface area contributed by atoms with Crippen molar-refractivity contribution in [3.8, 4) is 17.2 Å². The van der Waals surface area contributed by atoms with Crippen LogP contribution >= 0.6 is 68.4 Å². The number of amides is 1. The molecule has 0 atom stereocenters. The van der Waals surface area contributed by atoms with Gasteiger partial charge in [-0.1, -0.05) is 23.2 Å². The minimum atomic E-state index is -0.425. The van der Waals surface area contributed by atoms with Crippen LogP contribution in [0.4, 0.5) is 5.69 Å². The van der Waals surface area contributed by atoms with Crippen LogP contribution in [-0.4, -0.2) is 11.0 Å². The van der Waals surface area contributed by atoms with Crippen LogP contribution in [0, 0.1) is 7.14 Å². The van der Waals surface area contributed by atoms with E-state index >= 15 is 0 Å². The van der Waals surface area contributed by atoms with Gasteiger partial charge in [0.15, 0.2) is 0 Å². The minimum Gasteiger partial charge on any atom is -0.506 e. The van der Waals surface area contributed by atoms with Crippen molar-refractivity contribution in [1.29, 1.82) is 0 Å². The van der Waals surface area contributed by atoms with E-state index in [4.69, 9.17) is 27.9 Å². The van der Waals surface area contributed by atoms with Crippen LogP contribution < -0.4 is 10.1 Å². The molecular weight excluding hydrogens is 621 g/mol. The van der Waals surface area contributed by atoms with Crippen LogP contribution in [0.1, 0.15) is 10.4 Å². The highest BCUT2D eigenvalue weighted by Crippen LogP contribution is 2.33. The van der Waals surface area contributed by atoms with E-state index in [2.05, 4.69) is 27.9 Å². The van der Waals surface area contributed by atoms with Gasteiger partial charge in [-0.05, 0) is 99.8 Å². The molecule has 3 aromatic carbocycles. The summed E-state index contributed by atoms with van der Waals surface area (Å²) >= 11 is 16.2. The fourth-order valence-corrected chi connectivity index (χ4v) is 4.42. The quantitative estimate of drug-likeness (QED) is 0.307. The zero-order valence-corrected chi connectivity index (χ0v) is 19.3. The second-order valence-corrected chi connectivity index (χ2v) is 8.69. The molecule has 27 heavy (non-hydrogen) atoms. The average Bonchev–Trinajstić information content (AvgIpc) is 2.62. The SMILES string of the molecule is O=C(Nc1ccc(Oc2ccc(Cl)cc2)c(Cl)c1)[13c]1[13cH][13c](I)[13cH][13c](I)[13c]1O. The van der Waals surface area contributed by atoms with Crippen molar-refractivity contribution in [3.05, 3.63) is 77.3 Å². The van der Waals surface area contributed by atoms with E-state index in [9.17, 15) is 9.90 Å². The largest absolute Gasteiger partial charge is 0.506 e. The molecule has 0 heterocycles. The molecule has 2 N–H and O–H groups in total. The summed E-state index contributed by atoms with van der Waals surface area (Å²) in [6.07, 6.45) is 0. The fourth-order valence-electron chi connectivity index (χ4n) is 2.23. The Bertz CT molecular complexity index is 1010. The summed E-state index contributed by atoms with van der Waals surface area (Å²) in [5, 5.41) is 13.8. The average molecular weight is 632 g/mol. The second kappa shape index (κ2) is 8.85. The Kier molecular flexibility index (Phi) is 6.72. The molecule has 138 valence electrons. The number of phenolic OH excluding ortho intramolecular Hbond substituents is 1. The molecule has 0 bridgehead atoms. The Balaban J connectivity index is 1.78. The van der Waals surface area contributed by atoms with E-state index in [0.717, 1.165) is 3.57 Å². The standard InChI is InChI=1S/C19H11Cl2I2NO3/c20-10-1-4-13(5-2-10)27-17-6-3-12(9-15(17)21)24-19(26)14-7-11(22)8-16(23)18(14)25/h1-9,25H,(H,24,26)/i7+1,8+1,11+1,14+1,16+1,18+1. The molecule has 0 aliphatic carbocycles. The van der Waals surface area contributed by atoms with E-state index in [0.29, 0.717) is 30.8 Å². The zero-order valence-electron chi connectivity index (χ0n) is 13.5. The third kappa shape index (κ3) is 5.18. The number of halogens is 4. The van der Waals surface area contributed by atoms with E-state index in [1.54, 1.807) is 54.6 Å². The van der Waals surface area contributed by atoms with Crippen molar-refractivity contribution < 1.29 is 14.6 Å². The third-order valence-electron chi connectivity index (χ3n) is 3.50. The first kappa shape index (κ1) is 20.5. The summed E-state index contributed by atoms with van der Waals surface area (Å²) in [6, 6.07) is 15.2. The molecular formula is C19H11Cl2I2NO3. The van der Waals surface area contributed by atoms with E-state index < -0.39 is 5.91 Å². The lowest BCUT2D eigenvalue weighted by atomic mass is 10.3. The number of benzene rings is 3. The predicted molar refractivity (Wildman–Crippen MR) is 124 cm³/mol. The van der Waals surface area contributed by atoms with Crippen molar-refractivity contribution in [2.75, 3.05) is 5.32 Å². The number of ether oxygens (including phenoxy) is 1. The number of rotatable bonds is 4. The first-order valence-electron chi connectivity index (χ1n) is 7.56. The van der Waals surface area contributed by atoms with Crippen LogP contribution in [0.2, 0.25) is 10.0 Å². The van der Waals surface area contributed by atoms with Crippen molar-refractivity contribution in [2.45, 2.75) is 0 Å². The molecule has 1 amide bonds. The third-order valence-corrected chi connectivity index (χ3v) is 5.50. The number of phenols is 1. The maximum absolute atomic E-state index is 12.5. The van der Waals surface area contributed by atoms with Crippen LogP contribution in [0.5, 0.6) is 17.2 Å². The van der Waals surface area contributed by atoms with Gasteiger partial charge < -0.3 is 15.2 Å². The Hall–Kier alpha value is -1.23. The lowest BCUT2D eigenvalue weighted by molar-refractivity contribution is 0.102. The first-order valence-corrected chi connectivity index (χ1v) is 10.5. The lowest BCUT2D eigenvalue weighted by Gasteiger charge is -2.11. The molecule has 0 radical (unpaired) electrons. The Morgan fingerprint density at radius 3 is 2.37 bits per heavy atom. The fraction of sp³-hybridized carbons (Fsp3) is 0. The number of aromatic hydroxyl groups is 1. The normalized spacial score (nSPS) is 10.5. The lowest BCUT2D eigenvalue weighted by Crippen LogP contribution is -2.12. The number of carbonyl (C=O) groups is 1. The van der Waals surface area contributed by atoms with E-state index in [1.165, 1.54) is 0 Å². The van der Waals surface area contributed by atoms with Gasteiger partial charge >= 0.3 is 0 Å². The van der Waals surface area contributed by atoms with Gasteiger partial charge in [0.2, 0.25) is 0 Å². The predicted octanol–water partition coefficient (Wildman–Crippen LogP) is 6.95. The summed E-state index contributed by atoms with van der Waals surface area (Å²) in [5.74, 6) is 0.564. The molecule has 3 aromatic rings. The summed E-state index contributed by atoms with van der Waals surface area (Å²) in [4.78, 5) is 12.5. The highest BCUT2D eigenvalue weighted by Gasteiger charge is 2.16. The summed E-state index contributed by atoms with van der Waals surface area (Å²) in [6.45, 7) is 0. The van der Waals surface area contributed by atoms with Gasteiger partial charge in [-0.3, -0.25) is 4.79 Å². The highest BCUT2D eigenvalue weighted by atomic mass is 127. The maximum atomic E-state index is 12.5. The summed E-state index contributed by atoms with van der Waals surface area (Å²) < 4.78 is 7.17. The monoisotopic (exact) mass is 631 g/mol. The van der Waals surface area contributed by atoms with Gasteiger partial charge in [0.1, 0.15) is 17.2 Å². The molecule has 4 nitrogen and oxygen atoms in total. The number of nitrogens with one attached hydrogen (secondary N) is 1. The van der Waals surface area contributed by atoms with E-state index in [1.807, 2.05) is 22.6 Å². The maximum Gasteiger partial charge on any atom is 0.259 e. The topological polar surface area (TPSA) is 58.6 Å². The number of hydrogen-bond acceptors (Lipinski definition) is 3. The number of carbonyl (C=O) groups excluding carboxylic acids is 1. The smallest absolute Gasteiger partial charge is 0.259 e. The molecule has 0 aromatic heterocycles. The molecule has 0 saturated carbocycles. The van der Waals surface area contributed by atoms with Gasteiger partial charge in [0.25, 0.3) is 5.91 Å². The zero-order chi connectivity index (χ0) is 19.6. The molecule has 8 heteroatoms. The highest BCUT2D eigenvalue weighted by molar-refractivity contribution is 14.1. The Morgan fingerprint density at radius 2 is 1.70 bits per heavy atom. The van der Waals surface area contributed by atoms with Crippen molar-refractivity contribution in [3.63, 3.8) is 0 Å². The van der Waals surface area contributed by atoms with Crippen LogP contribution in [0.15, 0.2) is 54.6 Å². The van der Waals surface area contributed by atoms with Crippen LogP contribution in [0.3, 0.4) is 0 Å². The molecule has 0 saturated heterocycles. The van der Waals surface area contributed by atoms with E-state index in [-0.39, 0.29) is 11.3 Å². The van der Waals surface area contributed by atoms with Crippen LogP contribution in [0.25, 0.3) is 0 Å². The van der Waals surface area contributed by atoms with Crippen molar-refractivity contribution in [1.82, 2.24) is 0 Å². The van der Waals surface area contributed by atoms with Gasteiger partial charge in [0.05, 0.1) is 14.2 Å². The first-order chi connectivity index (χ1) is 12.8. The van der Waals surface area contributed by atoms with Gasteiger partial charge in [0, 0.05) is 14.3 Å². The van der Waals surface area contributed by atoms with Crippen LogP contribution in [-0.2, 0) is 0 Å². The number of hydrogen-bond donors (Lipinski definition) is 2. The summed E-state index contributed by atoms with van der Waals surface area (Å²) in [7, 11) is 0. The van der Waals surface area contributed by atoms with Gasteiger partial charge in [-0.2, -0.15) is 0 Å². The Labute approximate surface area is 193 Å². The summed E-state index contributed by atoms with van der Waals surface area (Å²) in [5.41, 5.74) is 0.686. The molecule has 3 rings (SSSR count). The minimum absolute atomic E-state index is 0.0534. The second-order valence-electron chi connectivity index (χ2n) is 5.44. The van der Waals surface area contributed by atoms with Gasteiger partial charge in [-0.15, -0.1) is 0 Å². The molecule has 0 aliphatic rings. The molecule has 0 aliphatic heterocycles. The van der Waals surface area contributed by atoms with Crippen molar-refractivity contribution >= 4 is 80.0 Å². The molecule has 0 fully saturated rings. The number of anilines is 1. The Morgan fingerprint density at radius 1 is 1.00 bits per heavy atom. The molecule has 0 unspecified atom stereocenters.